The van der Waals surface area contributed by atoms with E-state index in [4.69, 9.17) is 0 Å². The summed E-state index contributed by atoms with van der Waals surface area (Å²) in [7, 11) is 0. The second-order valence-electron chi connectivity index (χ2n) is 5.46. The molecule has 0 aliphatic heterocycles. The van der Waals surface area contributed by atoms with Crippen LogP contribution in [0.4, 0.5) is 11.4 Å². The summed E-state index contributed by atoms with van der Waals surface area (Å²) in [6.07, 6.45) is 3.34. The Balaban J connectivity index is 1.89. The first-order chi connectivity index (χ1) is 10.1. The maximum atomic E-state index is 11.9. The Labute approximate surface area is 125 Å². The fourth-order valence-electron chi connectivity index (χ4n) is 1.97. The first kappa shape index (κ1) is 15.5. The smallest absolute Gasteiger partial charge is 0.225 e. The number of benzene rings is 1. The second-order valence-corrected chi connectivity index (χ2v) is 5.46. The number of nitrogens with one attached hydrogen (secondary N) is 3. The van der Waals surface area contributed by atoms with E-state index in [-0.39, 0.29) is 11.8 Å². The molecule has 5 nitrogen and oxygen atoms in total. The number of carbonyl (C=O) groups is 2. The van der Waals surface area contributed by atoms with E-state index in [2.05, 4.69) is 16.0 Å². The topological polar surface area (TPSA) is 70.2 Å². The molecule has 1 saturated carbocycles. The third-order valence-electron chi connectivity index (χ3n) is 3.48. The van der Waals surface area contributed by atoms with Crippen LogP contribution in [-0.4, -0.2) is 24.4 Å². The highest BCUT2D eigenvalue weighted by Crippen LogP contribution is 2.21. The van der Waals surface area contributed by atoms with Crippen LogP contribution >= 0.6 is 0 Å². The third kappa shape index (κ3) is 5.19. The van der Waals surface area contributed by atoms with Crippen LogP contribution in [0.25, 0.3) is 0 Å². The van der Waals surface area contributed by atoms with Crippen molar-refractivity contribution in [2.24, 2.45) is 0 Å². The lowest BCUT2D eigenvalue weighted by atomic mass is 10.1. The van der Waals surface area contributed by atoms with Crippen molar-refractivity contribution in [3.63, 3.8) is 0 Å². The second kappa shape index (κ2) is 7.22. The number of rotatable bonds is 7. The summed E-state index contributed by atoms with van der Waals surface area (Å²) in [4.78, 5) is 23.3. The molecule has 0 spiro atoms. The predicted molar refractivity (Wildman–Crippen MR) is 84.4 cm³/mol. The van der Waals surface area contributed by atoms with Crippen molar-refractivity contribution in [1.29, 1.82) is 0 Å². The van der Waals surface area contributed by atoms with Gasteiger partial charge in [-0.2, -0.15) is 0 Å². The van der Waals surface area contributed by atoms with Gasteiger partial charge in [-0.1, -0.05) is 13.0 Å². The van der Waals surface area contributed by atoms with Crippen LogP contribution in [0.1, 0.15) is 38.2 Å². The molecule has 0 atom stereocenters. The van der Waals surface area contributed by atoms with Crippen molar-refractivity contribution < 1.29 is 9.59 Å². The highest BCUT2D eigenvalue weighted by Gasteiger charge is 2.20. The third-order valence-corrected chi connectivity index (χ3v) is 3.48. The van der Waals surface area contributed by atoms with Crippen molar-refractivity contribution in [3.05, 3.63) is 23.8 Å². The minimum atomic E-state index is -0.0373. The van der Waals surface area contributed by atoms with Gasteiger partial charge in [0.15, 0.2) is 0 Å². The lowest BCUT2D eigenvalue weighted by Gasteiger charge is -2.11. The van der Waals surface area contributed by atoms with Crippen molar-refractivity contribution >= 4 is 23.2 Å². The van der Waals surface area contributed by atoms with E-state index in [1.807, 2.05) is 19.1 Å². The van der Waals surface area contributed by atoms with Gasteiger partial charge in [0.2, 0.25) is 11.8 Å². The molecule has 2 rings (SSSR count). The average Bonchev–Trinajstić information content (AvgIpc) is 3.26. The monoisotopic (exact) mass is 289 g/mol. The van der Waals surface area contributed by atoms with Gasteiger partial charge in [0, 0.05) is 36.8 Å². The molecule has 0 radical (unpaired) electrons. The molecule has 114 valence electrons. The van der Waals surface area contributed by atoms with Crippen molar-refractivity contribution in [3.8, 4) is 0 Å². The van der Waals surface area contributed by atoms with E-state index in [0.29, 0.717) is 31.1 Å². The molecule has 1 aromatic rings. The van der Waals surface area contributed by atoms with Crippen molar-refractivity contribution in [1.82, 2.24) is 5.32 Å². The van der Waals surface area contributed by atoms with Crippen LogP contribution in [0.5, 0.6) is 0 Å². The molecule has 0 aromatic heterocycles. The van der Waals surface area contributed by atoms with Crippen LogP contribution in [0, 0.1) is 6.92 Å². The fourth-order valence-corrected chi connectivity index (χ4v) is 1.97. The summed E-state index contributed by atoms with van der Waals surface area (Å²) in [6.45, 7) is 4.45. The standard InChI is InChI=1S/C16H23N3O2/c1-3-15(20)18-13-5-4-11(2)14(10-13)19-16(21)8-9-17-12-6-7-12/h4-5,10,12,17H,3,6-9H2,1-2H3,(H,18,20)(H,19,21). The summed E-state index contributed by atoms with van der Waals surface area (Å²) in [5.41, 5.74) is 2.44. The summed E-state index contributed by atoms with van der Waals surface area (Å²) in [5, 5.41) is 9.02. The van der Waals surface area contributed by atoms with E-state index in [0.717, 1.165) is 11.3 Å². The van der Waals surface area contributed by atoms with Crippen LogP contribution in [0.2, 0.25) is 0 Å². The van der Waals surface area contributed by atoms with Crippen LogP contribution < -0.4 is 16.0 Å². The van der Waals surface area contributed by atoms with Gasteiger partial charge in [-0.25, -0.2) is 0 Å². The number of anilines is 2. The number of hydrogen-bond acceptors (Lipinski definition) is 3. The molecule has 1 aliphatic rings. The molecule has 1 fully saturated rings. The van der Waals surface area contributed by atoms with E-state index >= 15 is 0 Å². The molecule has 0 saturated heterocycles. The minimum Gasteiger partial charge on any atom is -0.326 e. The van der Waals surface area contributed by atoms with Gasteiger partial charge in [-0.05, 0) is 37.5 Å². The van der Waals surface area contributed by atoms with Gasteiger partial charge in [0.05, 0.1) is 0 Å². The minimum absolute atomic E-state index is 0.00906. The van der Waals surface area contributed by atoms with Gasteiger partial charge in [-0.15, -0.1) is 0 Å². The lowest BCUT2D eigenvalue weighted by molar-refractivity contribution is -0.116. The lowest BCUT2D eigenvalue weighted by Crippen LogP contribution is -2.23. The number of amides is 2. The zero-order chi connectivity index (χ0) is 15.2. The molecule has 1 aliphatic carbocycles. The normalized spacial score (nSPS) is 13.8. The maximum absolute atomic E-state index is 11.9. The highest BCUT2D eigenvalue weighted by molar-refractivity contribution is 5.94. The summed E-state index contributed by atoms with van der Waals surface area (Å²) >= 11 is 0. The van der Waals surface area contributed by atoms with Gasteiger partial charge < -0.3 is 16.0 Å². The molecule has 0 unspecified atom stereocenters. The number of aryl methyl sites for hydroxylation is 1. The zero-order valence-electron chi connectivity index (χ0n) is 12.7. The Morgan fingerprint density at radius 3 is 2.62 bits per heavy atom. The molecule has 0 bridgehead atoms. The Morgan fingerprint density at radius 2 is 1.95 bits per heavy atom. The summed E-state index contributed by atoms with van der Waals surface area (Å²) < 4.78 is 0. The highest BCUT2D eigenvalue weighted by atomic mass is 16.2. The molecule has 2 amide bonds. The molecule has 21 heavy (non-hydrogen) atoms. The SMILES string of the molecule is CCC(=O)Nc1ccc(C)c(NC(=O)CCNC2CC2)c1. The Bertz CT molecular complexity index is 524. The van der Waals surface area contributed by atoms with Crippen LogP contribution in [0.15, 0.2) is 18.2 Å². The molecular weight excluding hydrogens is 266 g/mol. The first-order valence-electron chi connectivity index (χ1n) is 7.52. The Morgan fingerprint density at radius 1 is 1.19 bits per heavy atom. The largest absolute Gasteiger partial charge is 0.326 e. The van der Waals surface area contributed by atoms with Crippen molar-refractivity contribution in [2.45, 2.75) is 45.6 Å². The average molecular weight is 289 g/mol. The van der Waals surface area contributed by atoms with Crippen molar-refractivity contribution in [2.75, 3.05) is 17.2 Å². The summed E-state index contributed by atoms with van der Waals surface area (Å²) in [6, 6.07) is 6.15. The number of hydrogen-bond donors (Lipinski definition) is 3. The quantitative estimate of drug-likeness (QED) is 0.722. The van der Waals surface area contributed by atoms with E-state index in [9.17, 15) is 9.59 Å². The van der Waals surface area contributed by atoms with E-state index in [1.165, 1.54) is 12.8 Å². The number of carbonyl (C=O) groups excluding carboxylic acids is 2. The first-order valence-corrected chi connectivity index (χ1v) is 7.52. The zero-order valence-corrected chi connectivity index (χ0v) is 12.7. The molecule has 1 aromatic carbocycles. The Hall–Kier alpha value is -1.88. The summed E-state index contributed by atoms with van der Waals surface area (Å²) in [5.74, 6) is -0.0463. The Kier molecular flexibility index (Phi) is 5.33. The predicted octanol–water partition coefficient (Wildman–Crippen LogP) is 2.42. The van der Waals surface area contributed by atoms with Gasteiger partial charge >= 0.3 is 0 Å². The molecule has 3 N–H and O–H groups in total. The van der Waals surface area contributed by atoms with E-state index in [1.54, 1.807) is 13.0 Å². The maximum Gasteiger partial charge on any atom is 0.225 e. The van der Waals surface area contributed by atoms with Gasteiger partial charge in [0.1, 0.15) is 0 Å². The van der Waals surface area contributed by atoms with Gasteiger partial charge in [-0.3, -0.25) is 9.59 Å². The van der Waals surface area contributed by atoms with Crippen LogP contribution in [0.3, 0.4) is 0 Å². The molecule has 0 heterocycles. The molecule has 5 heteroatoms. The van der Waals surface area contributed by atoms with Crippen LogP contribution in [-0.2, 0) is 9.59 Å². The molecular formula is C16H23N3O2. The van der Waals surface area contributed by atoms with E-state index < -0.39 is 0 Å². The fraction of sp³-hybridized carbons (Fsp3) is 0.500. The van der Waals surface area contributed by atoms with Gasteiger partial charge in [0.25, 0.3) is 0 Å².